The molecule has 1 amide bonds. The lowest BCUT2D eigenvalue weighted by molar-refractivity contribution is -0.384. The number of nitro benzene ring substituents is 1. The molecule has 0 saturated carbocycles. The summed E-state index contributed by atoms with van der Waals surface area (Å²) in [5.74, 6) is -0.376. The van der Waals surface area contributed by atoms with Crippen molar-refractivity contribution in [3.63, 3.8) is 0 Å². The third kappa shape index (κ3) is 5.17. The number of carbonyl (C=O) groups is 1. The predicted molar refractivity (Wildman–Crippen MR) is 73.0 cm³/mol. The average Bonchev–Trinajstić information content (AvgIpc) is 2.45. The molecule has 0 fully saturated rings. The molecule has 1 rings (SSSR count). The number of nitrogens with one attached hydrogen (secondary N) is 1. The average molecular weight is 280 g/mol. The fourth-order valence-electron chi connectivity index (χ4n) is 1.47. The van der Waals surface area contributed by atoms with E-state index in [0.717, 1.165) is 0 Å². The van der Waals surface area contributed by atoms with Gasteiger partial charge in [-0.2, -0.15) is 0 Å². The van der Waals surface area contributed by atoms with E-state index in [1.54, 1.807) is 12.1 Å². The number of rotatable bonds is 7. The zero-order chi connectivity index (χ0) is 15.0. The molecule has 0 aromatic heterocycles. The van der Waals surface area contributed by atoms with Crippen molar-refractivity contribution < 1.29 is 19.6 Å². The number of nitro groups is 1. The Morgan fingerprint density at radius 2 is 2.15 bits per heavy atom. The number of carbonyl (C=O) groups excluding carboxylic acids is 1. The zero-order valence-electron chi connectivity index (χ0n) is 11.0. The number of methoxy groups -OCH3 is 1. The van der Waals surface area contributed by atoms with E-state index in [9.17, 15) is 14.9 Å². The van der Waals surface area contributed by atoms with Crippen LogP contribution in [-0.4, -0.2) is 42.3 Å². The van der Waals surface area contributed by atoms with Gasteiger partial charge < -0.3 is 15.2 Å². The van der Waals surface area contributed by atoms with Gasteiger partial charge in [-0.25, -0.2) is 0 Å². The Morgan fingerprint density at radius 1 is 1.50 bits per heavy atom. The van der Waals surface area contributed by atoms with Crippen LogP contribution in [0.4, 0.5) is 5.69 Å². The molecule has 1 unspecified atom stereocenters. The van der Waals surface area contributed by atoms with Gasteiger partial charge in [-0.1, -0.05) is 0 Å². The van der Waals surface area contributed by atoms with E-state index in [1.165, 1.54) is 31.4 Å². The Labute approximate surface area is 116 Å². The lowest BCUT2D eigenvalue weighted by atomic mass is 10.2. The molecule has 7 heteroatoms. The van der Waals surface area contributed by atoms with E-state index in [1.807, 2.05) is 0 Å². The largest absolute Gasteiger partial charge is 0.394 e. The minimum atomic E-state index is -0.489. The van der Waals surface area contributed by atoms with Gasteiger partial charge in [-0.05, 0) is 23.8 Å². The second-order valence-electron chi connectivity index (χ2n) is 4.03. The molecule has 1 aromatic rings. The minimum Gasteiger partial charge on any atom is -0.394 e. The van der Waals surface area contributed by atoms with Crippen molar-refractivity contribution in [1.29, 1.82) is 0 Å². The minimum absolute atomic E-state index is 0.00737. The number of ether oxygens (including phenoxy) is 1. The second kappa shape index (κ2) is 8.03. The van der Waals surface area contributed by atoms with Gasteiger partial charge in [0.2, 0.25) is 5.91 Å². The second-order valence-corrected chi connectivity index (χ2v) is 4.03. The van der Waals surface area contributed by atoms with Crippen LogP contribution in [0.3, 0.4) is 0 Å². The topological polar surface area (TPSA) is 102 Å². The van der Waals surface area contributed by atoms with E-state index in [4.69, 9.17) is 9.84 Å². The van der Waals surface area contributed by atoms with Crippen LogP contribution in [0.1, 0.15) is 5.56 Å². The predicted octanol–water partition coefficient (Wildman–Crippen LogP) is 0.731. The molecule has 0 aliphatic heterocycles. The van der Waals surface area contributed by atoms with Crippen LogP contribution in [0.2, 0.25) is 0 Å². The maximum absolute atomic E-state index is 11.6. The van der Waals surface area contributed by atoms with Crippen LogP contribution >= 0.6 is 0 Å². The Bertz CT molecular complexity index is 484. The monoisotopic (exact) mass is 280 g/mol. The molecule has 0 radical (unpaired) electrons. The summed E-state index contributed by atoms with van der Waals surface area (Å²) in [7, 11) is 1.47. The van der Waals surface area contributed by atoms with Gasteiger partial charge in [0.15, 0.2) is 0 Å². The summed E-state index contributed by atoms with van der Waals surface area (Å²) in [4.78, 5) is 21.6. The van der Waals surface area contributed by atoms with Crippen LogP contribution in [0.25, 0.3) is 6.08 Å². The van der Waals surface area contributed by atoms with Crippen LogP contribution < -0.4 is 5.32 Å². The first kappa shape index (κ1) is 15.8. The Balaban J connectivity index is 2.58. The zero-order valence-corrected chi connectivity index (χ0v) is 11.0. The molecule has 108 valence electrons. The van der Waals surface area contributed by atoms with Crippen LogP contribution in [-0.2, 0) is 9.53 Å². The smallest absolute Gasteiger partial charge is 0.269 e. The van der Waals surface area contributed by atoms with E-state index in [-0.39, 0.29) is 24.8 Å². The summed E-state index contributed by atoms with van der Waals surface area (Å²) < 4.78 is 4.83. The molecule has 0 spiro atoms. The number of aliphatic hydroxyl groups is 1. The molecule has 7 nitrogen and oxygen atoms in total. The Morgan fingerprint density at radius 3 is 2.65 bits per heavy atom. The van der Waals surface area contributed by atoms with Crippen molar-refractivity contribution >= 4 is 17.7 Å². The molecule has 0 heterocycles. The van der Waals surface area contributed by atoms with Crippen molar-refractivity contribution in [2.75, 3.05) is 20.3 Å². The number of non-ortho nitro benzene ring substituents is 1. The SMILES string of the molecule is COCC(CO)NC(=O)/C=C/c1ccc([N+](=O)[O-])cc1. The lowest BCUT2D eigenvalue weighted by Gasteiger charge is -2.13. The molecular formula is C13H16N2O5. The number of hydrogen-bond acceptors (Lipinski definition) is 5. The van der Waals surface area contributed by atoms with Gasteiger partial charge >= 0.3 is 0 Å². The molecule has 2 N–H and O–H groups in total. The van der Waals surface area contributed by atoms with Crippen molar-refractivity contribution in [2.24, 2.45) is 0 Å². The number of hydrogen-bond donors (Lipinski definition) is 2. The highest BCUT2D eigenvalue weighted by Crippen LogP contribution is 2.12. The van der Waals surface area contributed by atoms with Crippen molar-refractivity contribution in [3.8, 4) is 0 Å². The Kier molecular flexibility index (Phi) is 6.34. The van der Waals surface area contributed by atoms with E-state index < -0.39 is 11.0 Å². The normalized spacial score (nSPS) is 12.3. The molecule has 1 atom stereocenters. The summed E-state index contributed by atoms with van der Waals surface area (Å²) in [6.07, 6.45) is 2.82. The van der Waals surface area contributed by atoms with Crippen LogP contribution in [0.5, 0.6) is 0 Å². The van der Waals surface area contributed by atoms with Gasteiger partial charge in [0.25, 0.3) is 5.69 Å². The summed E-state index contributed by atoms with van der Waals surface area (Å²) in [5, 5.41) is 22.0. The maximum Gasteiger partial charge on any atom is 0.269 e. The molecule has 0 saturated heterocycles. The summed E-state index contributed by atoms with van der Waals surface area (Å²) in [5.41, 5.74) is 0.657. The quantitative estimate of drug-likeness (QED) is 0.435. The molecule has 1 aromatic carbocycles. The standard InChI is InChI=1S/C13H16N2O5/c1-20-9-11(8-16)14-13(17)7-4-10-2-5-12(6-3-10)15(18)19/h2-7,11,16H,8-9H2,1H3,(H,14,17)/b7-4+. The first-order chi connectivity index (χ1) is 9.56. The van der Waals surface area contributed by atoms with Crippen LogP contribution in [0.15, 0.2) is 30.3 Å². The number of amides is 1. The fraction of sp³-hybridized carbons (Fsp3) is 0.308. The highest BCUT2D eigenvalue weighted by atomic mass is 16.6. The van der Waals surface area contributed by atoms with E-state index in [0.29, 0.717) is 5.56 Å². The fourth-order valence-corrected chi connectivity index (χ4v) is 1.47. The van der Waals surface area contributed by atoms with E-state index in [2.05, 4.69) is 5.32 Å². The third-order valence-electron chi connectivity index (χ3n) is 2.47. The number of nitrogens with zero attached hydrogens (tertiary/aromatic N) is 1. The highest BCUT2D eigenvalue weighted by Gasteiger charge is 2.08. The summed E-state index contributed by atoms with van der Waals surface area (Å²) in [6.45, 7) is -0.00143. The summed E-state index contributed by atoms with van der Waals surface area (Å²) in [6, 6.07) is 5.34. The molecule has 0 aliphatic carbocycles. The van der Waals surface area contributed by atoms with E-state index >= 15 is 0 Å². The lowest BCUT2D eigenvalue weighted by Crippen LogP contribution is -2.39. The number of aliphatic hydroxyl groups excluding tert-OH is 1. The summed E-state index contributed by atoms with van der Waals surface area (Å²) >= 11 is 0. The van der Waals surface area contributed by atoms with Gasteiger partial charge in [-0.15, -0.1) is 0 Å². The van der Waals surface area contributed by atoms with Crippen LogP contribution in [0, 0.1) is 10.1 Å². The van der Waals surface area contributed by atoms with Crippen molar-refractivity contribution in [2.45, 2.75) is 6.04 Å². The highest BCUT2D eigenvalue weighted by molar-refractivity contribution is 5.91. The van der Waals surface area contributed by atoms with Gasteiger partial charge in [0, 0.05) is 25.3 Å². The molecular weight excluding hydrogens is 264 g/mol. The molecule has 20 heavy (non-hydrogen) atoms. The van der Waals surface area contributed by atoms with Gasteiger partial charge in [-0.3, -0.25) is 14.9 Å². The van der Waals surface area contributed by atoms with Gasteiger partial charge in [0.05, 0.1) is 24.2 Å². The molecule has 0 aliphatic rings. The number of benzene rings is 1. The molecule has 0 bridgehead atoms. The third-order valence-corrected chi connectivity index (χ3v) is 2.47. The van der Waals surface area contributed by atoms with Gasteiger partial charge in [0.1, 0.15) is 0 Å². The van der Waals surface area contributed by atoms with Crippen molar-refractivity contribution in [3.05, 3.63) is 46.0 Å². The van der Waals surface area contributed by atoms with Crippen molar-refractivity contribution in [1.82, 2.24) is 5.32 Å². The Hall–Kier alpha value is -2.25. The first-order valence-corrected chi connectivity index (χ1v) is 5.89. The maximum atomic E-state index is 11.6. The first-order valence-electron chi connectivity index (χ1n) is 5.89.